The van der Waals surface area contributed by atoms with Crippen LogP contribution in [0.3, 0.4) is 0 Å². The fraction of sp³-hybridized carbons (Fsp3) is 0.188. The molecule has 0 atom stereocenters. The van der Waals surface area contributed by atoms with E-state index in [0.717, 1.165) is 29.3 Å². The highest BCUT2D eigenvalue weighted by Crippen LogP contribution is 2.33. The molecule has 0 aliphatic carbocycles. The van der Waals surface area contributed by atoms with Crippen LogP contribution in [0.5, 0.6) is 0 Å². The van der Waals surface area contributed by atoms with E-state index in [0.29, 0.717) is 0 Å². The number of alkyl halides is 3. The minimum Gasteiger partial charge on any atom is -0.324 e. The van der Waals surface area contributed by atoms with Gasteiger partial charge in [0.15, 0.2) is 0 Å². The van der Waals surface area contributed by atoms with Crippen molar-refractivity contribution in [2.24, 2.45) is 0 Å². The van der Waals surface area contributed by atoms with Crippen LogP contribution < -0.4 is 5.32 Å². The largest absolute Gasteiger partial charge is 0.416 e. The van der Waals surface area contributed by atoms with Crippen LogP contribution in [0.1, 0.15) is 16.7 Å². The zero-order valence-corrected chi connectivity index (χ0v) is 12.4. The van der Waals surface area contributed by atoms with E-state index < -0.39 is 17.6 Å². The minimum absolute atomic E-state index is 0.0462. The Morgan fingerprint density at radius 2 is 1.86 bits per heavy atom. The SMILES string of the molecule is Cc1ccccc1CC(=O)Nc1cc(C(F)(F)F)ccc1Cl. The summed E-state index contributed by atoms with van der Waals surface area (Å²) in [5.41, 5.74) is 0.842. The van der Waals surface area contributed by atoms with Crippen LogP contribution in [0.15, 0.2) is 42.5 Å². The number of aryl methyl sites for hydroxylation is 1. The Morgan fingerprint density at radius 1 is 1.18 bits per heavy atom. The zero-order chi connectivity index (χ0) is 16.3. The van der Waals surface area contributed by atoms with Crippen LogP contribution in [0.2, 0.25) is 5.02 Å². The molecule has 0 aromatic heterocycles. The molecule has 2 nitrogen and oxygen atoms in total. The molecule has 0 saturated heterocycles. The molecule has 2 rings (SSSR count). The quantitative estimate of drug-likeness (QED) is 0.858. The lowest BCUT2D eigenvalue weighted by Gasteiger charge is -2.12. The van der Waals surface area contributed by atoms with Crippen LogP contribution in [-0.4, -0.2) is 5.91 Å². The van der Waals surface area contributed by atoms with Crippen molar-refractivity contribution in [3.05, 3.63) is 64.2 Å². The van der Waals surface area contributed by atoms with Crippen molar-refractivity contribution in [2.45, 2.75) is 19.5 Å². The van der Waals surface area contributed by atoms with Gasteiger partial charge in [-0.05, 0) is 36.2 Å². The Balaban J connectivity index is 2.17. The van der Waals surface area contributed by atoms with Crippen LogP contribution in [0.25, 0.3) is 0 Å². The van der Waals surface area contributed by atoms with Gasteiger partial charge in [-0.25, -0.2) is 0 Å². The first kappa shape index (κ1) is 16.4. The molecule has 0 bridgehead atoms. The van der Waals surface area contributed by atoms with Gasteiger partial charge in [0.05, 0.1) is 22.7 Å². The summed E-state index contributed by atoms with van der Waals surface area (Å²) in [6.07, 6.45) is -4.42. The summed E-state index contributed by atoms with van der Waals surface area (Å²) in [5.74, 6) is -0.421. The zero-order valence-electron chi connectivity index (χ0n) is 11.7. The molecular formula is C16H13ClF3NO. The summed E-state index contributed by atoms with van der Waals surface area (Å²) in [6.45, 7) is 1.86. The third-order valence-electron chi connectivity index (χ3n) is 3.18. The highest BCUT2D eigenvalue weighted by atomic mass is 35.5. The van der Waals surface area contributed by atoms with E-state index in [4.69, 9.17) is 11.6 Å². The summed E-state index contributed by atoms with van der Waals surface area (Å²) in [7, 11) is 0. The summed E-state index contributed by atoms with van der Waals surface area (Å²) >= 11 is 5.84. The fourth-order valence-electron chi connectivity index (χ4n) is 1.97. The van der Waals surface area contributed by atoms with Crippen LogP contribution in [-0.2, 0) is 17.4 Å². The lowest BCUT2D eigenvalue weighted by Crippen LogP contribution is -2.16. The van der Waals surface area contributed by atoms with Gasteiger partial charge in [0.25, 0.3) is 0 Å². The molecule has 0 radical (unpaired) electrons. The van der Waals surface area contributed by atoms with Gasteiger partial charge in [0.1, 0.15) is 0 Å². The molecule has 6 heteroatoms. The molecule has 116 valence electrons. The number of rotatable bonds is 3. The average molecular weight is 328 g/mol. The first-order valence-corrected chi connectivity index (χ1v) is 6.86. The summed E-state index contributed by atoms with van der Waals surface area (Å²) in [4.78, 5) is 12.0. The standard InChI is InChI=1S/C16H13ClF3NO/c1-10-4-2-3-5-11(10)8-15(22)21-14-9-12(16(18,19)20)6-7-13(14)17/h2-7,9H,8H2,1H3,(H,21,22). The molecule has 22 heavy (non-hydrogen) atoms. The number of carbonyl (C=O) groups excluding carboxylic acids is 1. The van der Waals surface area contributed by atoms with Crippen LogP contribution >= 0.6 is 11.6 Å². The Morgan fingerprint density at radius 3 is 2.50 bits per heavy atom. The fourth-order valence-corrected chi connectivity index (χ4v) is 2.14. The molecule has 0 saturated carbocycles. The van der Waals surface area contributed by atoms with E-state index in [9.17, 15) is 18.0 Å². The molecule has 2 aromatic carbocycles. The predicted octanol–water partition coefficient (Wildman–Crippen LogP) is 4.85. The second-order valence-electron chi connectivity index (χ2n) is 4.84. The summed E-state index contributed by atoms with van der Waals surface area (Å²) in [5, 5.41) is 2.49. The van der Waals surface area contributed by atoms with E-state index >= 15 is 0 Å². The van der Waals surface area contributed by atoms with Gasteiger partial charge in [-0.3, -0.25) is 4.79 Å². The van der Waals surface area contributed by atoms with Crippen molar-refractivity contribution in [1.82, 2.24) is 0 Å². The highest BCUT2D eigenvalue weighted by molar-refractivity contribution is 6.33. The minimum atomic E-state index is -4.49. The molecule has 0 aliphatic rings. The Hall–Kier alpha value is -2.01. The van der Waals surface area contributed by atoms with E-state index in [-0.39, 0.29) is 17.1 Å². The Bertz CT molecular complexity index is 698. The van der Waals surface area contributed by atoms with Gasteiger partial charge in [-0.1, -0.05) is 35.9 Å². The van der Waals surface area contributed by atoms with Crippen molar-refractivity contribution < 1.29 is 18.0 Å². The lowest BCUT2D eigenvalue weighted by molar-refractivity contribution is -0.137. The normalized spacial score (nSPS) is 11.3. The van der Waals surface area contributed by atoms with Gasteiger partial charge in [0, 0.05) is 0 Å². The lowest BCUT2D eigenvalue weighted by atomic mass is 10.1. The average Bonchev–Trinajstić information content (AvgIpc) is 2.42. The van der Waals surface area contributed by atoms with E-state index in [2.05, 4.69) is 5.32 Å². The summed E-state index contributed by atoms with van der Waals surface area (Å²) < 4.78 is 38.0. The molecule has 0 fully saturated rings. The first-order chi connectivity index (χ1) is 10.3. The second kappa shape index (κ2) is 6.40. The number of hydrogen-bond acceptors (Lipinski definition) is 1. The molecule has 0 spiro atoms. The van der Waals surface area contributed by atoms with E-state index in [1.165, 1.54) is 0 Å². The number of hydrogen-bond donors (Lipinski definition) is 1. The van der Waals surface area contributed by atoms with Crippen LogP contribution in [0.4, 0.5) is 18.9 Å². The van der Waals surface area contributed by atoms with Gasteiger partial charge >= 0.3 is 6.18 Å². The number of halogens is 4. The summed E-state index contributed by atoms with van der Waals surface area (Å²) in [6, 6.07) is 10.1. The number of amides is 1. The number of nitrogens with one attached hydrogen (secondary N) is 1. The van der Waals surface area contributed by atoms with Crippen molar-refractivity contribution in [1.29, 1.82) is 0 Å². The van der Waals surface area contributed by atoms with Crippen molar-refractivity contribution in [2.75, 3.05) is 5.32 Å². The molecule has 2 aromatic rings. The molecular weight excluding hydrogens is 315 g/mol. The third kappa shape index (κ3) is 4.01. The number of carbonyl (C=O) groups is 1. The smallest absolute Gasteiger partial charge is 0.324 e. The monoisotopic (exact) mass is 327 g/mol. The van der Waals surface area contributed by atoms with E-state index in [1.54, 1.807) is 12.1 Å². The third-order valence-corrected chi connectivity index (χ3v) is 3.51. The van der Waals surface area contributed by atoms with Gasteiger partial charge in [0.2, 0.25) is 5.91 Å². The Labute approximate surface area is 130 Å². The highest BCUT2D eigenvalue weighted by Gasteiger charge is 2.31. The topological polar surface area (TPSA) is 29.1 Å². The van der Waals surface area contributed by atoms with Gasteiger partial charge < -0.3 is 5.32 Å². The van der Waals surface area contributed by atoms with Crippen LogP contribution in [0, 0.1) is 6.92 Å². The number of anilines is 1. The van der Waals surface area contributed by atoms with E-state index in [1.807, 2.05) is 19.1 Å². The number of benzene rings is 2. The van der Waals surface area contributed by atoms with Gasteiger partial charge in [-0.15, -0.1) is 0 Å². The van der Waals surface area contributed by atoms with Crippen molar-refractivity contribution >= 4 is 23.2 Å². The maximum atomic E-state index is 12.7. The molecule has 1 N–H and O–H groups in total. The Kier molecular flexibility index (Phi) is 4.76. The maximum Gasteiger partial charge on any atom is 0.416 e. The maximum absolute atomic E-state index is 12.7. The second-order valence-corrected chi connectivity index (χ2v) is 5.25. The predicted molar refractivity (Wildman–Crippen MR) is 80.0 cm³/mol. The van der Waals surface area contributed by atoms with Crippen molar-refractivity contribution in [3.63, 3.8) is 0 Å². The van der Waals surface area contributed by atoms with Gasteiger partial charge in [-0.2, -0.15) is 13.2 Å². The first-order valence-electron chi connectivity index (χ1n) is 6.48. The molecule has 0 aliphatic heterocycles. The molecule has 0 heterocycles. The molecule has 0 unspecified atom stereocenters. The molecule has 1 amide bonds. The van der Waals surface area contributed by atoms with Crippen molar-refractivity contribution in [3.8, 4) is 0 Å².